The summed E-state index contributed by atoms with van der Waals surface area (Å²) in [7, 11) is 3.54. The minimum Gasteiger partial charge on any atom is -0.463 e. The molecule has 0 bridgehead atoms. The zero-order chi connectivity index (χ0) is 18.8. The molecule has 7 nitrogen and oxygen atoms in total. The molecule has 0 aliphatic rings. The number of hydrogen-bond acceptors (Lipinski definition) is 7. The smallest absolute Gasteiger partial charge is 0.274 e. The molecule has 1 heterocycles. The molecule has 0 unspecified atom stereocenters. The number of thioether (sulfide) groups is 1. The highest BCUT2D eigenvalue weighted by Gasteiger charge is 2.12. The predicted molar refractivity (Wildman–Crippen MR) is 105 cm³/mol. The van der Waals surface area contributed by atoms with Crippen molar-refractivity contribution < 1.29 is 9.34 Å². The van der Waals surface area contributed by atoms with Crippen LogP contribution in [0.2, 0.25) is 0 Å². The summed E-state index contributed by atoms with van der Waals surface area (Å²) in [5.41, 5.74) is 2.25. The summed E-state index contributed by atoms with van der Waals surface area (Å²) in [4.78, 5) is 9.99. The molecule has 0 atom stereocenters. The van der Waals surface area contributed by atoms with Gasteiger partial charge in [0, 0.05) is 24.9 Å². The van der Waals surface area contributed by atoms with Gasteiger partial charge in [0.15, 0.2) is 5.82 Å². The molecule has 8 heteroatoms. The zero-order valence-corrected chi connectivity index (χ0v) is 15.8. The highest BCUT2D eigenvalue weighted by atomic mass is 32.2. The standard InChI is InChI=1S/C18H24N4O3S/c1-19-11-17-16(14-6-4-3-5-7-14)10-15(25-17)13-26-9-8-21-18(20-2)12-22(23)24/h3-7,10,12,19-21H,8-9,11,13H2,1-2H3. The largest absolute Gasteiger partial charge is 0.463 e. The van der Waals surface area contributed by atoms with Crippen molar-refractivity contribution in [1.29, 1.82) is 0 Å². The first-order valence-corrected chi connectivity index (χ1v) is 9.45. The summed E-state index contributed by atoms with van der Waals surface area (Å²) >= 11 is 1.71. The number of rotatable bonds is 11. The van der Waals surface area contributed by atoms with Crippen molar-refractivity contribution in [3.05, 3.63) is 70.1 Å². The molecule has 1 aromatic heterocycles. The first-order valence-electron chi connectivity index (χ1n) is 8.30. The van der Waals surface area contributed by atoms with Gasteiger partial charge in [-0.05, 0) is 18.7 Å². The van der Waals surface area contributed by atoms with Crippen molar-refractivity contribution in [3.8, 4) is 11.1 Å². The first kappa shape index (κ1) is 19.9. The molecular weight excluding hydrogens is 352 g/mol. The molecule has 2 rings (SSSR count). The van der Waals surface area contributed by atoms with Gasteiger partial charge in [0.2, 0.25) is 0 Å². The molecule has 0 aliphatic carbocycles. The Hall–Kier alpha value is -2.45. The lowest BCUT2D eigenvalue weighted by Gasteiger charge is -2.07. The maximum Gasteiger partial charge on any atom is 0.274 e. The molecule has 0 saturated heterocycles. The van der Waals surface area contributed by atoms with E-state index in [0.29, 0.717) is 18.9 Å². The fourth-order valence-corrected chi connectivity index (χ4v) is 3.18. The van der Waals surface area contributed by atoms with Gasteiger partial charge in [0.1, 0.15) is 11.5 Å². The Morgan fingerprint density at radius 1 is 1.31 bits per heavy atom. The second kappa shape index (κ2) is 10.5. The third kappa shape index (κ3) is 6.12. The molecule has 0 aliphatic heterocycles. The van der Waals surface area contributed by atoms with Crippen molar-refractivity contribution in [2.45, 2.75) is 12.3 Å². The lowest BCUT2D eigenvalue weighted by atomic mass is 10.1. The van der Waals surface area contributed by atoms with Gasteiger partial charge in [-0.2, -0.15) is 11.8 Å². The van der Waals surface area contributed by atoms with Crippen molar-refractivity contribution in [2.75, 3.05) is 26.4 Å². The van der Waals surface area contributed by atoms with Crippen LogP contribution in [0.5, 0.6) is 0 Å². The monoisotopic (exact) mass is 376 g/mol. The number of hydrogen-bond donors (Lipinski definition) is 3. The average molecular weight is 376 g/mol. The SMILES string of the molecule is CNCc1oc(CSCCNC(=C[N+](=O)[O-])NC)cc1-c1ccccc1. The van der Waals surface area contributed by atoms with Gasteiger partial charge in [-0.25, -0.2) is 0 Å². The molecular formula is C18H24N4O3S. The average Bonchev–Trinajstić information content (AvgIpc) is 3.04. The van der Waals surface area contributed by atoms with Gasteiger partial charge >= 0.3 is 0 Å². The van der Waals surface area contributed by atoms with E-state index in [0.717, 1.165) is 40.4 Å². The summed E-state index contributed by atoms with van der Waals surface area (Å²) < 4.78 is 5.99. The second-order valence-electron chi connectivity index (χ2n) is 5.50. The van der Waals surface area contributed by atoms with E-state index in [1.165, 1.54) is 0 Å². The van der Waals surface area contributed by atoms with Crippen LogP contribution in [0, 0.1) is 10.1 Å². The van der Waals surface area contributed by atoms with Crippen LogP contribution < -0.4 is 16.0 Å². The zero-order valence-electron chi connectivity index (χ0n) is 15.0. The number of nitrogens with zero attached hydrogens (tertiary/aromatic N) is 1. The molecule has 1 aromatic carbocycles. The molecule has 3 N–H and O–H groups in total. The van der Waals surface area contributed by atoms with E-state index in [1.807, 2.05) is 25.2 Å². The van der Waals surface area contributed by atoms with Crippen LogP contribution in [-0.4, -0.2) is 31.3 Å². The predicted octanol–water partition coefficient (Wildman–Crippen LogP) is 2.78. The van der Waals surface area contributed by atoms with Gasteiger partial charge in [0.25, 0.3) is 6.20 Å². The summed E-state index contributed by atoms with van der Waals surface area (Å²) in [6.45, 7) is 1.30. The van der Waals surface area contributed by atoms with Gasteiger partial charge in [-0.15, -0.1) is 0 Å². The van der Waals surface area contributed by atoms with Crippen LogP contribution in [0.1, 0.15) is 11.5 Å². The molecule has 0 amide bonds. The van der Waals surface area contributed by atoms with Crippen LogP contribution in [0.15, 0.2) is 52.8 Å². The highest BCUT2D eigenvalue weighted by molar-refractivity contribution is 7.98. The van der Waals surface area contributed by atoms with Crippen LogP contribution in [0.4, 0.5) is 0 Å². The summed E-state index contributed by atoms with van der Waals surface area (Å²) in [5.74, 6) is 3.81. The normalized spacial score (nSPS) is 11.4. The van der Waals surface area contributed by atoms with Crippen molar-refractivity contribution in [1.82, 2.24) is 16.0 Å². The van der Waals surface area contributed by atoms with Gasteiger partial charge < -0.3 is 20.4 Å². The third-order valence-electron chi connectivity index (χ3n) is 3.59. The van der Waals surface area contributed by atoms with E-state index in [-0.39, 0.29) is 0 Å². The molecule has 0 spiro atoms. The third-order valence-corrected chi connectivity index (χ3v) is 4.57. The fraction of sp³-hybridized carbons (Fsp3) is 0.333. The Labute approximate surface area is 157 Å². The summed E-state index contributed by atoms with van der Waals surface area (Å²) in [6, 6.07) is 12.3. The van der Waals surface area contributed by atoms with Crippen LogP contribution in [0.3, 0.4) is 0 Å². The number of furan rings is 1. The molecule has 26 heavy (non-hydrogen) atoms. The van der Waals surface area contributed by atoms with Crippen LogP contribution in [-0.2, 0) is 12.3 Å². The fourth-order valence-electron chi connectivity index (χ4n) is 2.44. The van der Waals surface area contributed by atoms with Gasteiger partial charge in [0.05, 0.1) is 17.2 Å². The van der Waals surface area contributed by atoms with Gasteiger partial charge in [-0.3, -0.25) is 10.1 Å². The Kier molecular flexibility index (Phi) is 8.04. The molecule has 0 radical (unpaired) electrons. The topological polar surface area (TPSA) is 92.4 Å². The highest BCUT2D eigenvalue weighted by Crippen LogP contribution is 2.29. The first-order chi connectivity index (χ1) is 12.6. The Morgan fingerprint density at radius 3 is 2.73 bits per heavy atom. The van der Waals surface area contributed by atoms with E-state index < -0.39 is 4.92 Å². The quantitative estimate of drug-likeness (QED) is 0.315. The molecule has 2 aromatic rings. The van der Waals surface area contributed by atoms with E-state index in [4.69, 9.17) is 4.42 Å². The lowest BCUT2D eigenvalue weighted by molar-refractivity contribution is -0.404. The number of nitro groups is 1. The van der Waals surface area contributed by atoms with E-state index >= 15 is 0 Å². The Balaban J connectivity index is 1.89. The summed E-state index contributed by atoms with van der Waals surface area (Å²) in [5, 5.41) is 19.4. The maximum absolute atomic E-state index is 10.5. The van der Waals surface area contributed by atoms with Crippen LogP contribution in [0.25, 0.3) is 11.1 Å². The maximum atomic E-state index is 10.5. The molecule has 140 valence electrons. The number of nitrogens with one attached hydrogen (secondary N) is 3. The van der Waals surface area contributed by atoms with E-state index in [9.17, 15) is 10.1 Å². The molecule has 0 saturated carbocycles. The minimum absolute atomic E-state index is 0.399. The minimum atomic E-state index is -0.483. The molecule has 0 fully saturated rings. The Morgan fingerprint density at radius 2 is 2.08 bits per heavy atom. The Bertz CT molecular complexity index is 731. The van der Waals surface area contributed by atoms with Gasteiger partial charge in [-0.1, -0.05) is 30.3 Å². The second-order valence-corrected chi connectivity index (χ2v) is 6.61. The van der Waals surface area contributed by atoms with Crippen molar-refractivity contribution in [2.24, 2.45) is 0 Å². The summed E-state index contributed by atoms with van der Waals surface area (Å²) in [6.07, 6.45) is 0.924. The van der Waals surface area contributed by atoms with E-state index in [1.54, 1.807) is 18.8 Å². The van der Waals surface area contributed by atoms with Crippen LogP contribution >= 0.6 is 11.8 Å². The lowest BCUT2D eigenvalue weighted by Crippen LogP contribution is -2.26. The number of benzene rings is 1. The van der Waals surface area contributed by atoms with E-state index in [2.05, 4.69) is 34.1 Å². The van der Waals surface area contributed by atoms with Crippen molar-refractivity contribution in [3.63, 3.8) is 0 Å². The van der Waals surface area contributed by atoms with Crippen molar-refractivity contribution >= 4 is 11.8 Å².